The van der Waals surface area contributed by atoms with Crippen LogP contribution in [0.1, 0.15) is 11.1 Å². The molecule has 0 bridgehead atoms. The molecule has 0 radical (unpaired) electrons. The van der Waals surface area contributed by atoms with E-state index in [0.717, 1.165) is 11.3 Å². The molecule has 0 saturated heterocycles. The summed E-state index contributed by atoms with van der Waals surface area (Å²) in [6.07, 6.45) is 1.68. The van der Waals surface area contributed by atoms with Crippen LogP contribution in [0.5, 0.6) is 5.75 Å². The number of ether oxygens (including phenoxy) is 1. The molecule has 2 nitrogen and oxygen atoms in total. The van der Waals surface area contributed by atoms with Crippen LogP contribution in [-0.2, 0) is 6.61 Å². The topological polar surface area (TPSA) is 22.1 Å². The first-order chi connectivity index (χ1) is 7.74. The lowest BCUT2D eigenvalue weighted by Crippen LogP contribution is -1.95. The summed E-state index contributed by atoms with van der Waals surface area (Å²) < 4.78 is 5.64. The van der Waals surface area contributed by atoms with Crippen LogP contribution in [0.15, 0.2) is 42.6 Å². The van der Waals surface area contributed by atoms with Gasteiger partial charge in [-0.25, -0.2) is 4.98 Å². The highest BCUT2D eigenvalue weighted by Crippen LogP contribution is 2.15. The molecule has 0 saturated carbocycles. The molecule has 0 spiro atoms. The van der Waals surface area contributed by atoms with Crippen molar-refractivity contribution in [3.63, 3.8) is 0 Å². The van der Waals surface area contributed by atoms with Crippen LogP contribution in [-0.4, -0.2) is 4.98 Å². The predicted molar refractivity (Wildman–Crippen MR) is 64.8 cm³/mol. The van der Waals surface area contributed by atoms with Gasteiger partial charge in [0.25, 0.3) is 0 Å². The Morgan fingerprint density at radius 2 is 2.12 bits per heavy atom. The predicted octanol–water partition coefficient (Wildman–Crippen LogP) is 3.62. The van der Waals surface area contributed by atoms with Crippen LogP contribution in [0.3, 0.4) is 0 Å². The highest BCUT2D eigenvalue weighted by atomic mass is 35.5. The lowest BCUT2D eigenvalue weighted by Gasteiger charge is -2.06. The standard InChI is InChI=1S/C13H12ClNO/c1-10-3-2-4-12(7-10)16-9-11-5-6-15-13(14)8-11/h2-8H,9H2,1H3. The minimum Gasteiger partial charge on any atom is -0.489 e. The number of halogens is 1. The Morgan fingerprint density at radius 3 is 2.88 bits per heavy atom. The van der Waals surface area contributed by atoms with Crippen molar-refractivity contribution in [2.24, 2.45) is 0 Å². The van der Waals surface area contributed by atoms with E-state index in [9.17, 15) is 0 Å². The van der Waals surface area contributed by atoms with Crippen molar-refractivity contribution in [1.82, 2.24) is 4.98 Å². The van der Waals surface area contributed by atoms with Crippen LogP contribution in [0.2, 0.25) is 5.15 Å². The molecule has 0 atom stereocenters. The summed E-state index contributed by atoms with van der Waals surface area (Å²) in [4.78, 5) is 3.92. The number of hydrogen-bond donors (Lipinski definition) is 0. The van der Waals surface area contributed by atoms with E-state index < -0.39 is 0 Å². The van der Waals surface area contributed by atoms with Crippen molar-refractivity contribution in [2.45, 2.75) is 13.5 Å². The summed E-state index contributed by atoms with van der Waals surface area (Å²) in [6.45, 7) is 2.54. The second-order valence-corrected chi connectivity index (χ2v) is 3.98. The van der Waals surface area contributed by atoms with E-state index in [2.05, 4.69) is 4.98 Å². The Kier molecular flexibility index (Phi) is 3.42. The number of aryl methyl sites for hydroxylation is 1. The van der Waals surface area contributed by atoms with E-state index in [1.807, 2.05) is 37.3 Å². The normalized spacial score (nSPS) is 10.1. The maximum atomic E-state index is 5.79. The number of rotatable bonds is 3. The lowest BCUT2D eigenvalue weighted by molar-refractivity contribution is 0.306. The SMILES string of the molecule is Cc1cccc(OCc2ccnc(Cl)c2)c1. The monoisotopic (exact) mass is 233 g/mol. The third kappa shape index (κ3) is 2.97. The van der Waals surface area contributed by atoms with Crippen LogP contribution >= 0.6 is 11.6 Å². The Bertz CT molecular complexity index is 439. The molecule has 1 heterocycles. The quantitative estimate of drug-likeness (QED) is 0.756. The molecule has 0 fully saturated rings. The van der Waals surface area contributed by atoms with Crippen molar-refractivity contribution in [3.05, 3.63) is 58.9 Å². The van der Waals surface area contributed by atoms with Crippen molar-refractivity contribution >= 4 is 11.6 Å². The van der Waals surface area contributed by atoms with Gasteiger partial charge in [-0.15, -0.1) is 0 Å². The van der Waals surface area contributed by atoms with Gasteiger partial charge in [-0.3, -0.25) is 0 Å². The first kappa shape index (κ1) is 11.0. The Labute approximate surface area is 99.9 Å². The van der Waals surface area contributed by atoms with Gasteiger partial charge in [0.05, 0.1) is 0 Å². The largest absolute Gasteiger partial charge is 0.489 e. The van der Waals surface area contributed by atoms with Gasteiger partial charge in [0.2, 0.25) is 0 Å². The van der Waals surface area contributed by atoms with Gasteiger partial charge in [0.15, 0.2) is 0 Å². The highest BCUT2D eigenvalue weighted by molar-refractivity contribution is 6.29. The van der Waals surface area contributed by atoms with Gasteiger partial charge in [-0.2, -0.15) is 0 Å². The van der Waals surface area contributed by atoms with Gasteiger partial charge >= 0.3 is 0 Å². The molecule has 0 amide bonds. The van der Waals surface area contributed by atoms with Gasteiger partial charge in [0.1, 0.15) is 17.5 Å². The highest BCUT2D eigenvalue weighted by Gasteiger charge is 1.97. The number of benzene rings is 1. The second kappa shape index (κ2) is 4.99. The maximum absolute atomic E-state index is 5.79. The molecule has 16 heavy (non-hydrogen) atoms. The molecule has 3 heteroatoms. The Morgan fingerprint density at radius 1 is 1.25 bits per heavy atom. The summed E-state index contributed by atoms with van der Waals surface area (Å²) in [5.41, 5.74) is 2.20. The summed E-state index contributed by atoms with van der Waals surface area (Å²) >= 11 is 5.79. The summed E-state index contributed by atoms with van der Waals surface area (Å²) in [5.74, 6) is 0.868. The van der Waals surface area contributed by atoms with Gasteiger partial charge in [-0.05, 0) is 42.3 Å². The number of nitrogens with zero attached hydrogens (tertiary/aromatic N) is 1. The van der Waals surface area contributed by atoms with Crippen molar-refractivity contribution in [3.8, 4) is 5.75 Å². The summed E-state index contributed by atoms with van der Waals surface area (Å²) in [6, 6.07) is 11.7. The number of aromatic nitrogens is 1. The van der Waals surface area contributed by atoms with E-state index in [-0.39, 0.29) is 0 Å². The van der Waals surface area contributed by atoms with Gasteiger partial charge in [-0.1, -0.05) is 23.7 Å². The molecular weight excluding hydrogens is 222 g/mol. The number of hydrogen-bond acceptors (Lipinski definition) is 2. The molecule has 1 aromatic carbocycles. The van der Waals surface area contributed by atoms with Crippen LogP contribution in [0.4, 0.5) is 0 Å². The van der Waals surface area contributed by atoms with Gasteiger partial charge in [0, 0.05) is 6.20 Å². The molecule has 0 unspecified atom stereocenters. The van der Waals surface area contributed by atoms with Crippen LogP contribution in [0.25, 0.3) is 0 Å². The fourth-order valence-corrected chi connectivity index (χ4v) is 1.60. The fraction of sp³-hybridized carbons (Fsp3) is 0.154. The molecule has 82 valence electrons. The first-order valence-electron chi connectivity index (χ1n) is 5.04. The number of pyridine rings is 1. The van der Waals surface area contributed by atoms with E-state index in [4.69, 9.17) is 16.3 Å². The molecule has 0 aliphatic carbocycles. The average molecular weight is 234 g/mol. The lowest BCUT2D eigenvalue weighted by atomic mass is 10.2. The molecule has 0 N–H and O–H groups in total. The maximum Gasteiger partial charge on any atom is 0.129 e. The van der Waals surface area contributed by atoms with Crippen LogP contribution in [0, 0.1) is 6.92 Å². The van der Waals surface area contributed by atoms with Crippen molar-refractivity contribution in [1.29, 1.82) is 0 Å². The van der Waals surface area contributed by atoms with Crippen molar-refractivity contribution < 1.29 is 4.74 Å². The minimum atomic E-state index is 0.491. The Balaban J connectivity index is 2.02. The minimum absolute atomic E-state index is 0.491. The zero-order valence-electron chi connectivity index (χ0n) is 8.98. The van der Waals surface area contributed by atoms with E-state index in [0.29, 0.717) is 11.8 Å². The molecule has 0 aliphatic rings. The zero-order valence-corrected chi connectivity index (χ0v) is 9.74. The average Bonchev–Trinajstić information content (AvgIpc) is 2.27. The fourth-order valence-electron chi connectivity index (χ4n) is 1.40. The third-order valence-corrected chi connectivity index (χ3v) is 2.39. The van der Waals surface area contributed by atoms with Gasteiger partial charge < -0.3 is 4.74 Å². The molecule has 1 aromatic heterocycles. The zero-order chi connectivity index (χ0) is 11.4. The smallest absolute Gasteiger partial charge is 0.129 e. The third-order valence-electron chi connectivity index (χ3n) is 2.19. The van der Waals surface area contributed by atoms with Crippen LogP contribution < -0.4 is 4.74 Å². The summed E-state index contributed by atoms with van der Waals surface area (Å²) in [7, 11) is 0. The van der Waals surface area contributed by atoms with E-state index in [1.54, 1.807) is 12.3 Å². The Hall–Kier alpha value is -1.54. The molecule has 2 aromatic rings. The second-order valence-electron chi connectivity index (χ2n) is 3.59. The van der Waals surface area contributed by atoms with E-state index in [1.165, 1.54) is 5.56 Å². The molecular formula is C13H12ClNO. The van der Waals surface area contributed by atoms with E-state index >= 15 is 0 Å². The molecule has 2 rings (SSSR count). The first-order valence-corrected chi connectivity index (χ1v) is 5.42. The molecule has 0 aliphatic heterocycles. The van der Waals surface area contributed by atoms with Crippen molar-refractivity contribution in [2.75, 3.05) is 0 Å². The summed E-state index contributed by atoms with van der Waals surface area (Å²) in [5, 5.41) is 0.491.